The van der Waals surface area contributed by atoms with Crippen LogP contribution in [0.3, 0.4) is 0 Å². The van der Waals surface area contributed by atoms with Gasteiger partial charge < -0.3 is 4.98 Å². The van der Waals surface area contributed by atoms with Gasteiger partial charge in [0.05, 0.1) is 5.54 Å². The number of aryl methyl sites for hydroxylation is 1. The SMILES string of the molecule is CCC[C@@H]1CCCN2CCCc3c([nH]c4ccccc34)[C@]12C. The van der Waals surface area contributed by atoms with E-state index in [1.165, 1.54) is 68.2 Å². The summed E-state index contributed by atoms with van der Waals surface area (Å²) in [6.45, 7) is 7.39. The summed E-state index contributed by atoms with van der Waals surface area (Å²) in [5, 5.41) is 1.46. The lowest BCUT2D eigenvalue weighted by atomic mass is 9.72. The van der Waals surface area contributed by atoms with Gasteiger partial charge in [0.2, 0.25) is 0 Å². The molecule has 0 saturated carbocycles. The van der Waals surface area contributed by atoms with Gasteiger partial charge in [-0.2, -0.15) is 0 Å². The van der Waals surface area contributed by atoms with Crippen LogP contribution < -0.4 is 0 Å². The molecule has 3 heterocycles. The molecule has 1 aromatic carbocycles. The number of nitrogens with zero attached hydrogens (tertiary/aromatic N) is 1. The van der Waals surface area contributed by atoms with Gasteiger partial charge in [-0.25, -0.2) is 0 Å². The Hall–Kier alpha value is -1.28. The van der Waals surface area contributed by atoms with Gasteiger partial charge in [-0.1, -0.05) is 31.5 Å². The van der Waals surface area contributed by atoms with Gasteiger partial charge in [-0.05, 0) is 69.7 Å². The Morgan fingerprint density at radius 2 is 2.05 bits per heavy atom. The maximum atomic E-state index is 3.84. The van der Waals surface area contributed by atoms with Crippen molar-refractivity contribution < 1.29 is 0 Å². The molecule has 4 rings (SSSR count). The van der Waals surface area contributed by atoms with Crippen molar-refractivity contribution in [2.45, 2.75) is 57.9 Å². The molecular formula is C20H28N2. The van der Waals surface area contributed by atoms with Crippen LogP contribution in [0.2, 0.25) is 0 Å². The average Bonchev–Trinajstić information content (AvgIpc) is 2.84. The van der Waals surface area contributed by atoms with E-state index in [2.05, 4.69) is 48.0 Å². The van der Waals surface area contributed by atoms with Crippen LogP contribution in [0.25, 0.3) is 10.9 Å². The molecule has 0 bridgehead atoms. The van der Waals surface area contributed by atoms with Crippen molar-refractivity contribution in [2.24, 2.45) is 5.92 Å². The molecule has 118 valence electrons. The molecular weight excluding hydrogens is 268 g/mol. The lowest BCUT2D eigenvalue weighted by Crippen LogP contribution is -2.53. The van der Waals surface area contributed by atoms with Crippen LogP contribution in [0.15, 0.2) is 24.3 Å². The van der Waals surface area contributed by atoms with E-state index >= 15 is 0 Å². The van der Waals surface area contributed by atoms with E-state index in [0.29, 0.717) is 0 Å². The number of fused-ring (bicyclic) bond motifs is 5. The Morgan fingerprint density at radius 3 is 2.91 bits per heavy atom. The molecule has 0 aliphatic carbocycles. The first kappa shape index (κ1) is 14.3. The lowest BCUT2D eigenvalue weighted by molar-refractivity contribution is -0.000470. The molecule has 0 amide bonds. The van der Waals surface area contributed by atoms with E-state index in [4.69, 9.17) is 0 Å². The van der Waals surface area contributed by atoms with Crippen molar-refractivity contribution in [3.05, 3.63) is 35.5 Å². The number of hydrogen-bond acceptors (Lipinski definition) is 1. The number of H-pyrrole nitrogens is 1. The van der Waals surface area contributed by atoms with Crippen molar-refractivity contribution in [1.29, 1.82) is 0 Å². The predicted octanol–water partition coefficient (Wildman–Crippen LogP) is 4.84. The zero-order valence-electron chi connectivity index (χ0n) is 14.0. The first-order valence-corrected chi connectivity index (χ1v) is 9.10. The first-order valence-electron chi connectivity index (χ1n) is 9.10. The highest BCUT2D eigenvalue weighted by molar-refractivity contribution is 5.85. The van der Waals surface area contributed by atoms with Crippen molar-refractivity contribution in [3.63, 3.8) is 0 Å². The van der Waals surface area contributed by atoms with Gasteiger partial charge in [0, 0.05) is 16.6 Å². The number of rotatable bonds is 2. The standard InChI is InChI=1S/C20H28N2/c1-3-8-15-9-6-13-22-14-7-11-17-16-10-4-5-12-18(16)21-19(17)20(15,22)2/h4-5,10,12,15,21H,3,6-9,11,13-14H2,1-2H3/t15-,20+/m1/s1. The van der Waals surface area contributed by atoms with Crippen LogP contribution in [-0.4, -0.2) is 23.0 Å². The highest BCUT2D eigenvalue weighted by Crippen LogP contribution is 2.47. The fraction of sp³-hybridized carbons (Fsp3) is 0.600. The molecule has 2 aliphatic rings. The molecule has 2 heteroatoms. The Kier molecular flexibility index (Phi) is 3.53. The van der Waals surface area contributed by atoms with Gasteiger partial charge >= 0.3 is 0 Å². The monoisotopic (exact) mass is 296 g/mol. The number of benzene rings is 1. The third kappa shape index (κ3) is 1.96. The summed E-state index contributed by atoms with van der Waals surface area (Å²) in [6, 6.07) is 8.89. The van der Waals surface area contributed by atoms with Crippen LogP contribution in [0.4, 0.5) is 0 Å². The zero-order valence-corrected chi connectivity index (χ0v) is 14.0. The molecule has 22 heavy (non-hydrogen) atoms. The third-order valence-electron chi connectivity index (χ3n) is 6.24. The van der Waals surface area contributed by atoms with E-state index in [1.807, 2.05) is 0 Å². The second-order valence-electron chi connectivity index (χ2n) is 7.39. The van der Waals surface area contributed by atoms with Crippen molar-refractivity contribution >= 4 is 10.9 Å². The summed E-state index contributed by atoms with van der Waals surface area (Å²) in [4.78, 5) is 6.63. The molecule has 2 atom stereocenters. The summed E-state index contributed by atoms with van der Waals surface area (Å²) in [6.07, 6.45) is 7.92. The van der Waals surface area contributed by atoms with Crippen LogP contribution in [-0.2, 0) is 12.0 Å². The Morgan fingerprint density at radius 1 is 1.23 bits per heavy atom. The quantitative estimate of drug-likeness (QED) is 0.840. The second kappa shape index (κ2) is 5.42. The second-order valence-corrected chi connectivity index (χ2v) is 7.39. The Bertz CT molecular complexity index is 669. The number of para-hydroxylation sites is 1. The molecule has 0 unspecified atom stereocenters. The third-order valence-corrected chi connectivity index (χ3v) is 6.24. The van der Waals surface area contributed by atoms with Gasteiger partial charge in [-0.3, -0.25) is 4.90 Å². The average molecular weight is 296 g/mol. The fourth-order valence-electron chi connectivity index (χ4n) is 5.12. The van der Waals surface area contributed by atoms with Gasteiger partial charge in [0.25, 0.3) is 0 Å². The van der Waals surface area contributed by atoms with Gasteiger partial charge in [-0.15, -0.1) is 0 Å². The van der Waals surface area contributed by atoms with Gasteiger partial charge in [0.15, 0.2) is 0 Å². The fourth-order valence-corrected chi connectivity index (χ4v) is 5.12. The minimum absolute atomic E-state index is 0.207. The summed E-state index contributed by atoms with van der Waals surface area (Å²) in [5.41, 5.74) is 4.67. The number of nitrogens with one attached hydrogen (secondary N) is 1. The lowest BCUT2D eigenvalue weighted by Gasteiger charge is -2.49. The molecule has 0 radical (unpaired) electrons. The van der Waals surface area contributed by atoms with E-state index < -0.39 is 0 Å². The van der Waals surface area contributed by atoms with E-state index in [0.717, 1.165) is 5.92 Å². The number of aromatic nitrogens is 1. The largest absolute Gasteiger partial charge is 0.357 e. The molecule has 1 fully saturated rings. The highest BCUT2D eigenvalue weighted by atomic mass is 15.2. The minimum Gasteiger partial charge on any atom is -0.357 e. The number of hydrogen-bond donors (Lipinski definition) is 1. The topological polar surface area (TPSA) is 19.0 Å². The molecule has 2 aromatic rings. The summed E-state index contributed by atoms with van der Waals surface area (Å²) >= 11 is 0. The molecule has 0 spiro atoms. The number of aromatic amines is 1. The van der Waals surface area contributed by atoms with E-state index in [9.17, 15) is 0 Å². The Labute approximate surface area is 133 Å². The molecule has 2 nitrogen and oxygen atoms in total. The normalized spacial score (nSPS) is 29.1. The molecule has 1 saturated heterocycles. The van der Waals surface area contributed by atoms with Crippen LogP contribution >= 0.6 is 0 Å². The van der Waals surface area contributed by atoms with E-state index in [-0.39, 0.29) is 5.54 Å². The predicted molar refractivity (Wildman–Crippen MR) is 93.2 cm³/mol. The smallest absolute Gasteiger partial charge is 0.0614 e. The maximum absolute atomic E-state index is 3.84. The van der Waals surface area contributed by atoms with Crippen LogP contribution in [0.5, 0.6) is 0 Å². The van der Waals surface area contributed by atoms with Gasteiger partial charge in [0.1, 0.15) is 0 Å². The zero-order chi connectivity index (χ0) is 15.2. The summed E-state index contributed by atoms with van der Waals surface area (Å²) in [7, 11) is 0. The summed E-state index contributed by atoms with van der Waals surface area (Å²) < 4.78 is 0. The maximum Gasteiger partial charge on any atom is 0.0614 e. The molecule has 1 aromatic heterocycles. The molecule has 2 aliphatic heterocycles. The minimum atomic E-state index is 0.207. The summed E-state index contributed by atoms with van der Waals surface area (Å²) in [5.74, 6) is 0.788. The Balaban J connectivity index is 1.91. The van der Waals surface area contributed by atoms with Crippen LogP contribution in [0.1, 0.15) is 57.2 Å². The van der Waals surface area contributed by atoms with Crippen molar-refractivity contribution in [2.75, 3.05) is 13.1 Å². The van der Waals surface area contributed by atoms with E-state index in [1.54, 1.807) is 5.56 Å². The first-order chi connectivity index (χ1) is 10.7. The van der Waals surface area contributed by atoms with Crippen LogP contribution in [0, 0.1) is 5.92 Å². The number of piperidine rings is 1. The van der Waals surface area contributed by atoms with Crippen molar-refractivity contribution in [1.82, 2.24) is 9.88 Å². The highest BCUT2D eigenvalue weighted by Gasteiger charge is 2.46. The van der Waals surface area contributed by atoms with Crippen molar-refractivity contribution in [3.8, 4) is 0 Å². The molecule has 1 N–H and O–H groups in total.